The van der Waals surface area contributed by atoms with E-state index in [0.29, 0.717) is 0 Å². The molecule has 5 nitrogen and oxygen atoms in total. The lowest BCUT2D eigenvalue weighted by Gasteiger charge is -2.31. The molecular weight excluding hydrogens is 300 g/mol. The summed E-state index contributed by atoms with van der Waals surface area (Å²) in [7, 11) is 0. The Morgan fingerprint density at radius 2 is 2.00 bits per heavy atom. The minimum absolute atomic E-state index is 0.0746. The van der Waals surface area contributed by atoms with Gasteiger partial charge in [-0.05, 0) is 37.0 Å². The van der Waals surface area contributed by atoms with Gasteiger partial charge in [-0.2, -0.15) is 0 Å². The number of aromatic nitrogens is 2. The van der Waals surface area contributed by atoms with Crippen molar-refractivity contribution in [2.45, 2.75) is 26.3 Å². The van der Waals surface area contributed by atoms with Crippen LogP contribution in [-0.2, 0) is 17.8 Å². The molecule has 2 aliphatic heterocycles. The third kappa shape index (κ3) is 2.86. The van der Waals surface area contributed by atoms with Crippen molar-refractivity contribution in [1.29, 1.82) is 0 Å². The van der Waals surface area contributed by atoms with E-state index in [0.717, 1.165) is 50.7 Å². The Balaban J connectivity index is 1.43. The lowest BCUT2D eigenvalue weighted by atomic mass is 9.98. The number of hydrogen-bond acceptors (Lipinski definition) is 4. The Hall–Kier alpha value is -2.43. The van der Waals surface area contributed by atoms with Crippen LogP contribution in [0.15, 0.2) is 36.5 Å². The van der Waals surface area contributed by atoms with Crippen molar-refractivity contribution in [2.75, 3.05) is 24.5 Å². The third-order valence-corrected chi connectivity index (χ3v) is 5.07. The van der Waals surface area contributed by atoms with E-state index in [4.69, 9.17) is 0 Å². The van der Waals surface area contributed by atoms with Crippen LogP contribution in [0.5, 0.6) is 0 Å². The average molecular weight is 322 g/mol. The normalized spacial score (nSPS) is 20.1. The molecule has 24 heavy (non-hydrogen) atoms. The lowest BCUT2D eigenvalue weighted by molar-refractivity contribution is -0.135. The second kappa shape index (κ2) is 6.23. The van der Waals surface area contributed by atoms with Crippen LogP contribution < -0.4 is 4.90 Å². The van der Waals surface area contributed by atoms with E-state index in [1.165, 1.54) is 11.1 Å². The number of benzene rings is 1. The molecule has 1 fully saturated rings. The summed E-state index contributed by atoms with van der Waals surface area (Å²) in [5.41, 5.74) is 2.67. The quantitative estimate of drug-likeness (QED) is 0.850. The molecule has 1 aromatic heterocycles. The van der Waals surface area contributed by atoms with E-state index >= 15 is 0 Å². The summed E-state index contributed by atoms with van der Waals surface area (Å²) in [6, 6.07) is 10.4. The van der Waals surface area contributed by atoms with Crippen molar-refractivity contribution in [3.63, 3.8) is 0 Å². The molecule has 1 amide bonds. The first-order chi connectivity index (χ1) is 11.7. The molecule has 124 valence electrons. The molecule has 4 rings (SSSR count). The molecule has 0 spiro atoms. The van der Waals surface area contributed by atoms with Gasteiger partial charge in [-0.3, -0.25) is 4.79 Å². The fourth-order valence-corrected chi connectivity index (χ4v) is 3.73. The number of aryl methyl sites for hydroxylation is 1. The number of nitrogens with zero attached hydrogens (tertiary/aromatic N) is 4. The molecule has 5 heteroatoms. The van der Waals surface area contributed by atoms with Gasteiger partial charge in [-0.1, -0.05) is 24.3 Å². The Morgan fingerprint density at radius 3 is 2.83 bits per heavy atom. The van der Waals surface area contributed by atoms with Crippen molar-refractivity contribution >= 4 is 11.7 Å². The number of carbonyl (C=O) groups is 1. The molecule has 1 atom stereocenters. The van der Waals surface area contributed by atoms with E-state index in [-0.39, 0.29) is 11.8 Å². The molecule has 1 aromatic carbocycles. The Morgan fingerprint density at radius 1 is 1.17 bits per heavy atom. The molecule has 0 aliphatic carbocycles. The highest BCUT2D eigenvalue weighted by molar-refractivity contribution is 5.80. The Kier molecular flexibility index (Phi) is 3.92. The zero-order valence-corrected chi connectivity index (χ0v) is 14.0. The van der Waals surface area contributed by atoms with Crippen LogP contribution in [0.2, 0.25) is 0 Å². The summed E-state index contributed by atoms with van der Waals surface area (Å²) in [6.45, 7) is 5.12. The zero-order valence-electron chi connectivity index (χ0n) is 14.0. The van der Waals surface area contributed by atoms with Crippen molar-refractivity contribution in [3.05, 3.63) is 53.5 Å². The van der Waals surface area contributed by atoms with Gasteiger partial charge in [0.1, 0.15) is 11.6 Å². The standard InChI is InChI=1S/C19H22N4O/c1-14-20-9-6-18(21-14)22-10-8-17(13-22)19(24)23-11-7-15-4-2-3-5-16(15)12-23/h2-6,9,17H,7-8,10-13H2,1H3. The molecular formula is C19H22N4O. The van der Waals surface area contributed by atoms with Gasteiger partial charge in [0.25, 0.3) is 0 Å². The topological polar surface area (TPSA) is 49.3 Å². The van der Waals surface area contributed by atoms with Gasteiger partial charge < -0.3 is 9.80 Å². The molecule has 0 bridgehead atoms. The minimum Gasteiger partial charge on any atom is -0.356 e. The van der Waals surface area contributed by atoms with Crippen LogP contribution in [0.3, 0.4) is 0 Å². The SMILES string of the molecule is Cc1nccc(N2CCC(C(=O)N3CCc4ccccc4C3)C2)n1. The van der Waals surface area contributed by atoms with Crippen LogP contribution in [0.1, 0.15) is 23.4 Å². The first-order valence-electron chi connectivity index (χ1n) is 8.61. The molecule has 0 N–H and O–H groups in total. The monoisotopic (exact) mass is 322 g/mol. The van der Waals surface area contributed by atoms with Crippen molar-refractivity contribution in [3.8, 4) is 0 Å². The first kappa shape index (κ1) is 15.1. The number of amides is 1. The van der Waals surface area contributed by atoms with E-state index < -0.39 is 0 Å². The molecule has 3 heterocycles. The fourth-order valence-electron chi connectivity index (χ4n) is 3.73. The van der Waals surface area contributed by atoms with E-state index in [2.05, 4.69) is 39.1 Å². The number of anilines is 1. The van der Waals surface area contributed by atoms with Crippen LogP contribution in [-0.4, -0.2) is 40.4 Å². The maximum Gasteiger partial charge on any atom is 0.227 e. The van der Waals surface area contributed by atoms with Crippen molar-refractivity contribution in [2.24, 2.45) is 5.92 Å². The minimum atomic E-state index is 0.0746. The third-order valence-electron chi connectivity index (χ3n) is 5.07. The molecule has 1 unspecified atom stereocenters. The van der Waals surface area contributed by atoms with Gasteiger partial charge >= 0.3 is 0 Å². The molecule has 0 saturated carbocycles. The van der Waals surface area contributed by atoms with Crippen LogP contribution in [0.25, 0.3) is 0 Å². The highest BCUT2D eigenvalue weighted by Gasteiger charge is 2.33. The Bertz CT molecular complexity index is 761. The number of carbonyl (C=O) groups excluding carboxylic acids is 1. The molecule has 0 radical (unpaired) electrons. The molecule has 2 aromatic rings. The second-order valence-electron chi connectivity index (χ2n) is 6.67. The van der Waals surface area contributed by atoms with Gasteiger partial charge in [0.15, 0.2) is 0 Å². The van der Waals surface area contributed by atoms with E-state index in [1.807, 2.05) is 17.9 Å². The van der Waals surface area contributed by atoms with Crippen molar-refractivity contribution in [1.82, 2.24) is 14.9 Å². The average Bonchev–Trinajstić information content (AvgIpc) is 3.11. The highest BCUT2D eigenvalue weighted by atomic mass is 16.2. The van der Waals surface area contributed by atoms with Crippen LogP contribution >= 0.6 is 0 Å². The summed E-state index contributed by atoms with van der Waals surface area (Å²) in [5.74, 6) is 2.07. The van der Waals surface area contributed by atoms with E-state index in [9.17, 15) is 4.79 Å². The molecule has 2 aliphatic rings. The number of fused-ring (bicyclic) bond motifs is 1. The highest BCUT2D eigenvalue weighted by Crippen LogP contribution is 2.26. The van der Waals surface area contributed by atoms with Gasteiger partial charge in [0, 0.05) is 32.4 Å². The van der Waals surface area contributed by atoms with Gasteiger partial charge in [0.05, 0.1) is 5.92 Å². The maximum absolute atomic E-state index is 12.9. The smallest absolute Gasteiger partial charge is 0.227 e. The van der Waals surface area contributed by atoms with Crippen LogP contribution in [0, 0.1) is 12.8 Å². The van der Waals surface area contributed by atoms with Crippen molar-refractivity contribution < 1.29 is 4.79 Å². The second-order valence-corrected chi connectivity index (χ2v) is 6.67. The van der Waals surface area contributed by atoms with Gasteiger partial charge in [-0.15, -0.1) is 0 Å². The van der Waals surface area contributed by atoms with E-state index in [1.54, 1.807) is 6.20 Å². The summed E-state index contributed by atoms with van der Waals surface area (Å²) in [5, 5.41) is 0. The zero-order chi connectivity index (χ0) is 16.5. The van der Waals surface area contributed by atoms with Crippen LogP contribution in [0.4, 0.5) is 5.82 Å². The predicted molar refractivity (Wildman–Crippen MR) is 92.7 cm³/mol. The number of rotatable bonds is 2. The summed E-state index contributed by atoms with van der Waals surface area (Å²) in [6.07, 6.45) is 3.65. The molecule has 1 saturated heterocycles. The summed E-state index contributed by atoms with van der Waals surface area (Å²) in [4.78, 5) is 25.8. The summed E-state index contributed by atoms with van der Waals surface area (Å²) >= 11 is 0. The van der Waals surface area contributed by atoms with Gasteiger partial charge in [0.2, 0.25) is 5.91 Å². The summed E-state index contributed by atoms with van der Waals surface area (Å²) < 4.78 is 0. The predicted octanol–water partition coefficient (Wildman–Crippen LogP) is 2.20. The first-order valence-corrected chi connectivity index (χ1v) is 8.61. The van der Waals surface area contributed by atoms with Gasteiger partial charge in [-0.25, -0.2) is 9.97 Å². The largest absolute Gasteiger partial charge is 0.356 e. The Labute approximate surface area is 142 Å². The fraction of sp³-hybridized carbons (Fsp3) is 0.421. The lowest BCUT2D eigenvalue weighted by Crippen LogP contribution is -2.40. The number of hydrogen-bond donors (Lipinski definition) is 0. The maximum atomic E-state index is 12.9.